The van der Waals surface area contributed by atoms with E-state index in [2.05, 4.69) is 39.8 Å². The SMILES string of the molecule is CCC(O)(CC)CCOC(C)C1CCC2/C(=C/C=C3CC(O)C4(CC4)[C@H](O)C3)CCCC21C. The third-order valence-electron chi connectivity index (χ3n) is 10.5. The Labute approximate surface area is 201 Å². The summed E-state index contributed by atoms with van der Waals surface area (Å²) < 4.78 is 6.33. The van der Waals surface area contributed by atoms with E-state index in [1.54, 1.807) is 5.57 Å². The second kappa shape index (κ2) is 9.76. The van der Waals surface area contributed by atoms with Gasteiger partial charge < -0.3 is 20.1 Å². The largest absolute Gasteiger partial charge is 0.392 e. The van der Waals surface area contributed by atoms with Gasteiger partial charge in [0.1, 0.15) is 0 Å². The van der Waals surface area contributed by atoms with Crippen LogP contribution in [-0.2, 0) is 4.74 Å². The van der Waals surface area contributed by atoms with E-state index in [-0.39, 0.29) is 29.1 Å². The van der Waals surface area contributed by atoms with Gasteiger partial charge in [-0.15, -0.1) is 0 Å². The summed E-state index contributed by atoms with van der Waals surface area (Å²) in [5.41, 5.74) is 2.27. The zero-order valence-corrected chi connectivity index (χ0v) is 21.5. The van der Waals surface area contributed by atoms with Gasteiger partial charge in [-0.2, -0.15) is 0 Å². The third-order valence-corrected chi connectivity index (χ3v) is 10.5. The average Bonchev–Trinajstić information content (AvgIpc) is 3.52. The average molecular weight is 461 g/mol. The number of aliphatic hydroxyl groups is 3. The van der Waals surface area contributed by atoms with Crippen molar-refractivity contribution in [3.8, 4) is 0 Å². The molecular formula is C29H48O4. The molecule has 1 spiro atoms. The molecular weight excluding hydrogens is 412 g/mol. The molecule has 33 heavy (non-hydrogen) atoms. The lowest BCUT2D eigenvalue weighted by atomic mass is 9.62. The lowest BCUT2D eigenvalue weighted by Gasteiger charge is -2.44. The second-order valence-electron chi connectivity index (χ2n) is 12.1. The molecule has 0 aromatic carbocycles. The van der Waals surface area contributed by atoms with E-state index < -0.39 is 5.60 Å². The number of rotatable bonds is 8. The Bertz CT molecular complexity index is 731. The molecule has 5 unspecified atom stereocenters. The number of aliphatic hydroxyl groups excluding tert-OH is 2. The van der Waals surface area contributed by atoms with Crippen LogP contribution in [0.25, 0.3) is 0 Å². The molecule has 3 N–H and O–H groups in total. The summed E-state index contributed by atoms with van der Waals surface area (Å²) in [4.78, 5) is 0. The third kappa shape index (κ3) is 4.87. The van der Waals surface area contributed by atoms with Gasteiger partial charge in [0.25, 0.3) is 0 Å². The number of allylic oxidation sites excluding steroid dienone is 3. The van der Waals surface area contributed by atoms with Gasteiger partial charge in [0.15, 0.2) is 0 Å². The Kier molecular flexibility index (Phi) is 7.51. The second-order valence-corrected chi connectivity index (χ2v) is 12.1. The van der Waals surface area contributed by atoms with Crippen molar-refractivity contribution in [2.75, 3.05) is 6.61 Å². The van der Waals surface area contributed by atoms with E-state index >= 15 is 0 Å². The minimum absolute atomic E-state index is 0.188. The van der Waals surface area contributed by atoms with Crippen LogP contribution in [0.1, 0.15) is 105 Å². The molecule has 4 saturated carbocycles. The standard InChI is InChI=1S/C29H48O4/c1-5-28(32,6-2)16-17-33-20(3)23-11-12-24-22(8-7-13-27(23,24)4)10-9-21-18-25(30)29(14-15-29)26(31)19-21/h9-10,20,23-26,30-32H,5-8,11-19H2,1-4H3/b21-9?,22-10+/t20?,23?,24?,25-,26?,27?/m1/s1. The van der Waals surface area contributed by atoms with Crippen LogP contribution >= 0.6 is 0 Å². The highest BCUT2D eigenvalue weighted by molar-refractivity contribution is 5.28. The highest BCUT2D eigenvalue weighted by Gasteiger charge is 2.56. The first-order chi connectivity index (χ1) is 15.7. The van der Waals surface area contributed by atoms with Crippen molar-refractivity contribution >= 4 is 0 Å². The highest BCUT2D eigenvalue weighted by atomic mass is 16.5. The molecule has 0 aliphatic heterocycles. The molecule has 0 aromatic heterocycles. The molecule has 4 rings (SSSR count). The fourth-order valence-corrected chi connectivity index (χ4v) is 7.59. The zero-order chi connectivity index (χ0) is 23.9. The summed E-state index contributed by atoms with van der Waals surface area (Å²) in [5, 5.41) is 31.7. The Balaban J connectivity index is 1.39. The van der Waals surface area contributed by atoms with Crippen molar-refractivity contribution in [3.05, 3.63) is 23.3 Å². The number of hydrogen-bond donors (Lipinski definition) is 3. The van der Waals surface area contributed by atoms with Crippen LogP contribution in [0.2, 0.25) is 0 Å². The molecule has 4 heteroatoms. The van der Waals surface area contributed by atoms with Crippen LogP contribution in [0.5, 0.6) is 0 Å². The molecule has 0 radical (unpaired) electrons. The van der Waals surface area contributed by atoms with Gasteiger partial charge in [0.05, 0.1) is 23.9 Å². The highest BCUT2D eigenvalue weighted by Crippen LogP contribution is 2.59. The van der Waals surface area contributed by atoms with Crippen LogP contribution in [0.15, 0.2) is 23.3 Å². The Hall–Kier alpha value is -0.680. The molecule has 4 nitrogen and oxygen atoms in total. The molecule has 188 valence electrons. The molecule has 0 bridgehead atoms. The quantitative estimate of drug-likeness (QED) is 0.435. The molecule has 0 aromatic rings. The van der Waals surface area contributed by atoms with Crippen LogP contribution in [0.3, 0.4) is 0 Å². The summed E-state index contributed by atoms with van der Waals surface area (Å²) in [6.07, 6.45) is 15.8. The van der Waals surface area contributed by atoms with Crippen LogP contribution in [0, 0.1) is 22.7 Å². The number of fused-ring (bicyclic) bond motifs is 1. The number of hydrogen-bond acceptors (Lipinski definition) is 4. The molecule has 4 fully saturated rings. The van der Waals surface area contributed by atoms with Gasteiger partial charge in [0, 0.05) is 12.0 Å². The first-order valence-corrected chi connectivity index (χ1v) is 13.8. The molecule has 6 atom stereocenters. The van der Waals surface area contributed by atoms with Gasteiger partial charge in [-0.25, -0.2) is 0 Å². The van der Waals surface area contributed by atoms with E-state index in [4.69, 9.17) is 4.74 Å². The predicted molar refractivity (Wildman–Crippen MR) is 133 cm³/mol. The maximum Gasteiger partial charge on any atom is 0.0664 e. The van der Waals surface area contributed by atoms with E-state index in [9.17, 15) is 15.3 Å². The van der Waals surface area contributed by atoms with E-state index in [1.807, 2.05) is 0 Å². The van der Waals surface area contributed by atoms with Gasteiger partial charge >= 0.3 is 0 Å². The Morgan fingerprint density at radius 1 is 1.06 bits per heavy atom. The van der Waals surface area contributed by atoms with Gasteiger partial charge in [-0.1, -0.05) is 44.1 Å². The lowest BCUT2D eigenvalue weighted by Crippen LogP contribution is -2.39. The van der Waals surface area contributed by atoms with Gasteiger partial charge in [-0.05, 0) is 101 Å². The van der Waals surface area contributed by atoms with Crippen molar-refractivity contribution < 1.29 is 20.1 Å². The maximum atomic E-state index is 10.6. The summed E-state index contributed by atoms with van der Waals surface area (Å²) in [5.74, 6) is 1.17. The summed E-state index contributed by atoms with van der Waals surface area (Å²) in [6.45, 7) is 9.47. The fourth-order valence-electron chi connectivity index (χ4n) is 7.59. The predicted octanol–water partition coefficient (Wildman–Crippen LogP) is 5.70. The molecule has 0 heterocycles. The van der Waals surface area contributed by atoms with Gasteiger partial charge in [-0.3, -0.25) is 0 Å². The fraction of sp³-hybridized carbons (Fsp3) is 0.862. The lowest BCUT2D eigenvalue weighted by molar-refractivity contribution is -0.0559. The smallest absolute Gasteiger partial charge is 0.0664 e. The summed E-state index contributed by atoms with van der Waals surface area (Å²) >= 11 is 0. The molecule has 4 aliphatic rings. The Morgan fingerprint density at radius 3 is 2.33 bits per heavy atom. The van der Waals surface area contributed by atoms with Crippen LogP contribution in [-0.4, -0.2) is 45.8 Å². The minimum Gasteiger partial charge on any atom is -0.392 e. The Morgan fingerprint density at radius 2 is 1.73 bits per heavy atom. The van der Waals surface area contributed by atoms with Crippen molar-refractivity contribution in [2.24, 2.45) is 22.7 Å². The molecule has 0 amide bonds. The van der Waals surface area contributed by atoms with Gasteiger partial charge in [0.2, 0.25) is 0 Å². The van der Waals surface area contributed by atoms with Crippen molar-refractivity contribution in [1.29, 1.82) is 0 Å². The number of ether oxygens (including phenoxy) is 1. The van der Waals surface area contributed by atoms with E-state index in [0.717, 1.165) is 44.9 Å². The first-order valence-electron chi connectivity index (χ1n) is 13.8. The summed E-state index contributed by atoms with van der Waals surface area (Å²) in [7, 11) is 0. The van der Waals surface area contributed by atoms with Crippen molar-refractivity contribution in [2.45, 2.75) is 129 Å². The minimum atomic E-state index is -0.588. The summed E-state index contributed by atoms with van der Waals surface area (Å²) in [6, 6.07) is 0. The van der Waals surface area contributed by atoms with Crippen LogP contribution in [0.4, 0.5) is 0 Å². The van der Waals surface area contributed by atoms with E-state index in [1.165, 1.54) is 37.7 Å². The maximum absolute atomic E-state index is 10.6. The first kappa shape index (κ1) is 25.4. The van der Waals surface area contributed by atoms with Crippen molar-refractivity contribution in [3.63, 3.8) is 0 Å². The monoisotopic (exact) mass is 460 g/mol. The zero-order valence-electron chi connectivity index (χ0n) is 21.5. The van der Waals surface area contributed by atoms with Crippen molar-refractivity contribution in [1.82, 2.24) is 0 Å². The van der Waals surface area contributed by atoms with E-state index in [0.29, 0.717) is 18.4 Å². The molecule has 4 aliphatic carbocycles. The van der Waals surface area contributed by atoms with Crippen LogP contribution < -0.4 is 0 Å². The topological polar surface area (TPSA) is 69.9 Å². The normalized spacial score (nSPS) is 39.2. The molecule has 0 saturated heterocycles.